The van der Waals surface area contributed by atoms with Crippen LogP contribution < -0.4 is 14.2 Å². The van der Waals surface area contributed by atoms with Crippen molar-refractivity contribution in [3.8, 4) is 17.2 Å². The van der Waals surface area contributed by atoms with E-state index in [0.29, 0.717) is 31.1 Å². The second kappa shape index (κ2) is 8.47. The lowest BCUT2D eigenvalue weighted by molar-refractivity contribution is -0.137. The molecule has 2 rings (SSSR count). The van der Waals surface area contributed by atoms with Crippen LogP contribution in [-0.4, -0.2) is 20.3 Å². The van der Waals surface area contributed by atoms with Gasteiger partial charge < -0.3 is 14.2 Å². The topological polar surface area (TPSA) is 27.7 Å². The molecule has 24 heavy (non-hydrogen) atoms. The maximum absolute atomic E-state index is 12.6. The van der Waals surface area contributed by atoms with Gasteiger partial charge in [-0.2, -0.15) is 13.2 Å². The zero-order chi connectivity index (χ0) is 17.4. The number of methoxy groups -OCH3 is 1. The Morgan fingerprint density at radius 3 is 2.17 bits per heavy atom. The van der Waals surface area contributed by atoms with E-state index in [2.05, 4.69) is 0 Å². The van der Waals surface area contributed by atoms with E-state index < -0.39 is 11.7 Å². The van der Waals surface area contributed by atoms with Crippen LogP contribution in [0.3, 0.4) is 0 Å². The summed E-state index contributed by atoms with van der Waals surface area (Å²) in [7, 11) is 1.57. The van der Waals surface area contributed by atoms with Crippen LogP contribution in [0.25, 0.3) is 0 Å². The van der Waals surface area contributed by atoms with E-state index in [-0.39, 0.29) is 5.75 Å². The van der Waals surface area contributed by atoms with Gasteiger partial charge in [-0.1, -0.05) is 18.2 Å². The Kier molecular flexibility index (Phi) is 6.35. The average molecular weight is 340 g/mol. The van der Waals surface area contributed by atoms with Crippen molar-refractivity contribution in [1.29, 1.82) is 0 Å². The summed E-state index contributed by atoms with van der Waals surface area (Å²) in [6.45, 7) is 0.808. The fourth-order valence-corrected chi connectivity index (χ4v) is 2.08. The van der Waals surface area contributed by atoms with Gasteiger partial charge in [0, 0.05) is 0 Å². The summed E-state index contributed by atoms with van der Waals surface area (Å²) in [6.07, 6.45) is -2.97. The molecule has 2 aromatic carbocycles. The number of ether oxygens (including phenoxy) is 3. The number of benzene rings is 2. The smallest absolute Gasteiger partial charge is 0.416 e. The number of rotatable bonds is 8. The first kappa shape index (κ1) is 18.0. The van der Waals surface area contributed by atoms with Crippen LogP contribution in [0.15, 0.2) is 48.5 Å². The van der Waals surface area contributed by atoms with Gasteiger partial charge in [-0.05, 0) is 43.2 Å². The van der Waals surface area contributed by atoms with Crippen molar-refractivity contribution in [2.45, 2.75) is 19.0 Å². The van der Waals surface area contributed by atoms with Crippen molar-refractivity contribution >= 4 is 0 Å². The molecule has 0 heterocycles. The zero-order valence-corrected chi connectivity index (χ0v) is 13.3. The first-order valence-corrected chi connectivity index (χ1v) is 7.56. The van der Waals surface area contributed by atoms with Gasteiger partial charge in [-0.3, -0.25) is 0 Å². The van der Waals surface area contributed by atoms with Crippen LogP contribution >= 0.6 is 0 Å². The van der Waals surface area contributed by atoms with E-state index in [1.807, 2.05) is 24.3 Å². The van der Waals surface area contributed by atoms with E-state index in [1.165, 1.54) is 12.1 Å². The van der Waals surface area contributed by atoms with Gasteiger partial charge in [0.1, 0.15) is 5.75 Å². The second-order valence-electron chi connectivity index (χ2n) is 5.08. The highest BCUT2D eigenvalue weighted by atomic mass is 19.4. The zero-order valence-electron chi connectivity index (χ0n) is 13.3. The molecule has 0 fully saturated rings. The number of alkyl halides is 3. The van der Waals surface area contributed by atoms with Gasteiger partial charge in [-0.15, -0.1) is 0 Å². The van der Waals surface area contributed by atoms with Crippen LogP contribution in [0.2, 0.25) is 0 Å². The molecule has 0 radical (unpaired) electrons. The van der Waals surface area contributed by atoms with Crippen LogP contribution in [0.4, 0.5) is 13.2 Å². The van der Waals surface area contributed by atoms with E-state index in [1.54, 1.807) is 7.11 Å². The molecule has 0 aliphatic rings. The molecule has 0 unspecified atom stereocenters. The largest absolute Gasteiger partial charge is 0.494 e. The van der Waals surface area contributed by atoms with Crippen LogP contribution in [-0.2, 0) is 6.18 Å². The Morgan fingerprint density at radius 2 is 1.50 bits per heavy atom. The third-order valence-electron chi connectivity index (χ3n) is 3.30. The van der Waals surface area contributed by atoms with Gasteiger partial charge in [0.05, 0.1) is 25.9 Å². The Morgan fingerprint density at radius 1 is 0.833 bits per heavy atom. The van der Waals surface area contributed by atoms with Crippen molar-refractivity contribution in [3.05, 3.63) is 54.1 Å². The van der Waals surface area contributed by atoms with Gasteiger partial charge in [0.2, 0.25) is 0 Å². The van der Waals surface area contributed by atoms with Crippen LogP contribution in [0.5, 0.6) is 17.2 Å². The molecule has 130 valence electrons. The van der Waals surface area contributed by atoms with Gasteiger partial charge in [0.15, 0.2) is 11.5 Å². The van der Waals surface area contributed by atoms with Crippen LogP contribution in [0, 0.1) is 0 Å². The molecule has 0 aliphatic carbocycles. The lowest BCUT2D eigenvalue weighted by Crippen LogP contribution is -2.06. The predicted octanol–water partition coefficient (Wildman–Crippen LogP) is 4.95. The van der Waals surface area contributed by atoms with Gasteiger partial charge in [-0.25, -0.2) is 0 Å². The first-order chi connectivity index (χ1) is 11.5. The summed E-state index contributed by atoms with van der Waals surface area (Å²) in [5, 5.41) is 0. The third-order valence-corrected chi connectivity index (χ3v) is 3.30. The lowest BCUT2D eigenvalue weighted by atomic mass is 10.2. The summed E-state index contributed by atoms with van der Waals surface area (Å²) < 4.78 is 53.9. The molecule has 3 nitrogen and oxygen atoms in total. The molecular formula is C18H19F3O3. The van der Waals surface area contributed by atoms with E-state index >= 15 is 0 Å². The number of para-hydroxylation sites is 2. The molecule has 0 saturated carbocycles. The van der Waals surface area contributed by atoms with E-state index in [9.17, 15) is 13.2 Å². The van der Waals surface area contributed by atoms with E-state index in [0.717, 1.165) is 18.6 Å². The average Bonchev–Trinajstić information content (AvgIpc) is 2.58. The molecule has 0 atom stereocenters. The quantitative estimate of drug-likeness (QED) is 0.636. The van der Waals surface area contributed by atoms with Gasteiger partial charge >= 0.3 is 6.18 Å². The molecule has 0 N–H and O–H groups in total. The molecular weight excluding hydrogens is 321 g/mol. The lowest BCUT2D eigenvalue weighted by Gasteiger charge is -2.11. The predicted molar refractivity (Wildman–Crippen MR) is 84.7 cm³/mol. The Balaban J connectivity index is 1.70. The van der Waals surface area contributed by atoms with Crippen LogP contribution in [0.1, 0.15) is 18.4 Å². The maximum Gasteiger partial charge on any atom is 0.416 e. The summed E-state index contributed by atoms with van der Waals surface area (Å²) in [4.78, 5) is 0. The Hall–Kier alpha value is -2.37. The van der Waals surface area contributed by atoms with Crippen molar-refractivity contribution in [3.63, 3.8) is 0 Å². The Bertz CT molecular complexity index is 641. The molecule has 6 heteroatoms. The second-order valence-corrected chi connectivity index (χ2v) is 5.08. The standard InChI is InChI=1S/C18H19F3O3/c1-22-16-9-2-3-10-17(16)24-12-5-4-11-23-15-8-6-7-14(13-15)18(19,20)21/h2-3,6-10,13H,4-5,11-12H2,1H3. The van der Waals surface area contributed by atoms with Crippen molar-refractivity contribution in [1.82, 2.24) is 0 Å². The number of unbranched alkanes of at least 4 members (excludes halogenated alkanes) is 1. The molecule has 2 aromatic rings. The minimum Gasteiger partial charge on any atom is -0.494 e. The minimum atomic E-state index is -4.36. The normalized spacial score (nSPS) is 11.2. The third kappa shape index (κ3) is 5.37. The van der Waals surface area contributed by atoms with Crippen molar-refractivity contribution in [2.75, 3.05) is 20.3 Å². The fourth-order valence-electron chi connectivity index (χ4n) is 2.08. The number of halogens is 3. The van der Waals surface area contributed by atoms with Crippen molar-refractivity contribution < 1.29 is 27.4 Å². The molecule has 0 amide bonds. The number of hydrogen-bond acceptors (Lipinski definition) is 3. The minimum absolute atomic E-state index is 0.218. The fraction of sp³-hybridized carbons (Fsp3) is 0.333. The number of hydrogen-bond donors (Lipinski definition) is 0. The van der Waals surface area contributed by atoms with E-state index in [4.69, 9.17) is 14.2 Å². The summed E-state index contributed by atoms with van der Waals surface area (Å²) >= 11 is 0. The highest BCUT2D eigenvalue weighted by Crippen LogP contribution is 2.31. The first-order valence-electron chi connectivity index (χ1n) is 7.56. The Labute approximate surface area is 139 Å². The van der Waals surface area contributed by atoms with Gasteiger partial charge in [0.25, 0.3) is 0 Å². The molecule has 0 aliphatic heterocycles. The molecule has 0 saturated heterocycles. The highest BCUT2D eigenvalue weighted by Gasteiger charge is 2.30. The molecule has 0 aromatic heterocycles. The highest BCUT2D eigenvalue weighted by molar-refractivity contribution is 5.39. The van der Waals surface area contributed by atoms with Crippen molar-refractivity contribution in [2.24, 2.45) is 0 Å². The summed E-state index contributed by atoms with van der Waals surface area (Å²) in [6, 6.07) is 12.2. The summed E-state index contributed by atoms with van der Waals surface area (Å²) in [5.74, 6) is 1.55. The summed E-state index contributed by atoms with van der Waals surface area (Å²) in [5.41, 5.74) is -0.709. The maximum atomic E-state index is 12.6. The molecule has 0 bridgehead atoms. The SMILES string of the molecule is COc1ccccc1OCCCCOc1cccc(C(F)(F)F)c1. The molecule has 0 spiro atoms. The monoisotopic (exact) mass is 340 g/mol.